The van der Waals surface area contributed by atoms with E-state index in [-0.39, 0.29) is 15.2 Å². The predicted molar refractivity (Wildman–Crippen MR) is 140 cm³/mol. The summed E-state index contributed by atoms with van der Waals surface area (Å²) in [5, 5.41) is 3.52. The smallest absolute Gasteiger partial charge is 0.231 e. The number of benzene rings is 1. The Labute approximate surface area is 207 Å². The Balaban J connectivity index is 0.000000375. The minimum absolute atomic E-state index is 0. The van der Waals surface area contributed by atoms with Gasteiger partial charge in [-0.3, -0.25) is 4.79 Å². The zero-order chi connectivity index (χ0) is 24.9. The van der Waals surface area contributed by atoms with Crippen LogP contribution >= 0.6 is 0 Å². The van der Waals surface area contributed by atoms with Gasteiger partial charge in [-0.05, 0) is 43.9 Å². The molecule has 1 saturated carbocycles. The Morgan fingerprint density at radius 3 is 2.43 bits per heavy atom. The number of aromatic nitrogens is 2. The highest BCUT2D eigenvalue weighted by Gasteiger charge is 2.43. The minimum atomic E-state index is -1.03. The minimum Gasteiger partial charge on any atom is -0.496 e. The van der Waals surface area contributed by atoms with Crippen LogP contribution < -0.4 is 14.8 Å². The highest BCUT2D eigenvalue weighted by atomic mass is 19.1. The number of rotatable bonds is 6. The quantitative estimate of drug-likeness (QED) is 0.538. The van der Waals surface area contributed by atoms with E-state index in [9.17, 15) is 9.18 Å². The Hall–Kier alpha value is -3.59. The molecule has 9 heteroatoms. The number of halogens is 1. The molecule has 2 aromatic heterocycles. The van der Waals surface area contributed by atoms with Crippen molar-refractivity contribution in [1.29, 1.82) is 0 Å². The van der Waals surface area contributed by atoms with Crippen LogP contribution in [0.3, 0.4) is 0 Å². The summed E-state index contributed by atoms with van der Waals surface area (Å²) in [5.74, 6) is 0.879. The van der Waals surface area contributed by atoms with E-state index in [1.165, 1.54) is 13.1 Å². The molecule has 3 heterocycles. The maximum Gasteiger partial charge on any atom is 0.231 e. The number of amides is 1. The maximum absolute atomic E-state index is 13.0. The SMILES string of the molecule is C=CN1CCN(C)CC1.COc1cccc(OC)c1-c1c[nH]c2nc(NC(=O)[C@H]3C[C@H]3F)ccc12.[HH].[HH]. The van der Waals surface area contributed by atoms with Crippen molar-refractivity contribution in [3.8, 4) is 22.6 Å². The van der Waals surface area contributed by atoms with Crippen molar-refractivity contribution in [2.24, 2.45) is 5.92 Å². The fourth-order valence-corrected chi connectivity index (χ4v) is 4.06. The second kappa shape index (κ2) is 10.8. The van der Waals surface area contributed by atoms with Gasteiger partial charge in [0, 0.05) is 46.2 Å². The van der Waals surface area contributed by atoms with Crippen LogP contribution in [0.2, 0.25) is 0 Å². The third-order valence-corrected chi connectivity index (χ3v) is 6.33. The van der Waals surface area contributed by atoms with Gasteiger partial charge in [-0.1, -0.05) is 12.6 Å². The van der Waals surface area contributed by atoms with Crippen molar-refractivity contribution in [1.82, 2.24) is 19.8 Å². The van der Waals surface area contributed by atoms with E-state index in [0.29, 0.717) is 23.0 Å². The molecule has 190 valence electrons. The first kappa shape index (κ1) is 24.5. The van der Waals surface area contributed by atoms with E-state index in [1.54, 1.807) is 20.3 Å². The van der Waals surface area contributed by atoms with E-state index >= 15 is 0 Å². The lowest BCUT2D eigenvalue weighted by Gasteiger charge is -2.31. The Kier molecular flexibility index (Phi) is 7.55. The van der Waals surface area contributed by atoms with E-state index < -0.39 is 12.1 Å². The highest BCUT2D eigenvalue weighted by molar-refractivity contribution is 5.99. The third-order valence-electron chi connectivity index (χ3n) is 6.33. The zero-order valence-corrected chi connectivity index (χ0v) is 20.4. The van der Waals surface area contributed by atoms with E-state index in [1.807, 2.05) is 36.7 Å². The number of fused-ring (bicyclic) bond motifs is 1. The molecular formula is C26H36FN5O3. The molecule has 2 atom stereocenters. The average Bonchev–Trinajstić information content (AvgIpc) is 3.48. The number of aromatic amines is 1. The molecule has 0 bridgehead atoms. The van der Waals surface area contributed by atoms with Gasteiger partial charge in [0.05, 0.1) is 25.7 Å². The molecule has 8 nitrogen and oxygen atoms in total. The van der Waals surface area contributed by atoms with Gasteiger partial charge in [-0.2, -0.15) is 0 Å². The number of nitrogens with zero attached hydrogens (tertiary/aromatic N) is 3. The lowest BCUT2D eigenvalue weighted by molar-refractivity contribution is -0.117. The number of piperazine rings is 1. The molecule has 1 aromatic carbocycles. The van der Waals surface area contributed by atoms with Gasteiger partial charge in [0.1, 0.15) is 29.1 Å². The molecule has 3 aromatic rings. The predicted octanol–water partition coefficient (Wildman–Crippen LogP) is 4.41. The van der Waals surface area contributed by atoms with Crippen LogP contribution in [-0.4, -0.2) is 79.3 Å². The van der Waals surface area contributed by atoms with Crippen molar-refractivity contribution >= 4 is 22.8 Å². The topological polar surface area (TPSA) is 82.7 Å². The summed E-state index contributed by atoms with van der Waals surface area (Å²) >= 11 is 0. The molecule has 0 radical (unpaired) electrons. The second-order valence-electron chi connectivity index (χ2n) is 8.70. The molecular weight excluding hydrogens is 449 g/mol. The summed E-state index contributed by atoms with van der Waals surface area (Å²) in [4.78, 5) is 24.0. The Morgan fingerprint density at radius 1 is 1.20 bits per heavy atom. The number of carbonyl (C=O) groups is 1. The Bertz CT molecular complexity index is 1180. The van der Waals surface area contributed by atoms with Crippen molar-refractivity contribution in [3.63, 3.8) is 0 Å². The number of pyridine rings is 1. The standard InChI is InChI=1S/C19H18FN3O3.C7H14N2.2H2/c1-25-14-4-3-5-15(26-2)17(14)12-9-21-18-10(12)6-7-16(22-18)23-19(24)11-8-13(11)20;1-3-9-6-4-8(2)5-7-9;;/h3-7,9,11,13H,8H2,1-2H3,(H2,21,22,23,24);3H,1,4-7H2,2H3;2*1H/t11-,13+;;;/m0.../s1. The van der Waals surface area contributed by atoms with Crippen molar-refractivity contribution in [2.45, 2.75) is 12.6 Å². The van der Waals surface area contributed by atoms with Gasteiger partial charge in [-0.25, -0.2) is 9.37 Å². The molecule has 2 aliphatic rings. The fourth-order valence-electron chi connectivity index (χ4n) is 4.06. The molecule has 5 rings (SSSR count). The van der Waals surface area contributed by atoms with E-state index in [4.69, 9.17) is 9.47 Å². The summed E-state index contributed by atoms with van der Waals surface area (Å²) in [6.07, 6.45) is 3.00. The first-order chi connectivity index (χ1) is 16.9. The van der Waals surface area contributed by atoms with E-state index in [0.717, 1.165) is 29.6 Å². The number of H-pyrrole nitrogens is 1. The Morgan fingerprint density at radius 2 is 1.86 bits per heavy atom. The molecule has 0 unspecified atom stereocenters. The number of likely N-dealkylation sites (N-methyl/N-ethyl adjacent to an activating group) is 1. The van der Waals surface area contributed by atoms with Gasteiger partial charge < -0.3 is 29.6 Å². The van der Waals surface area contributed by atoms with Crippen LogP contribution in [0.25, 0.3) is 22.2 Å². The number of hydrogen-bond donors (Lipinski definition) is 2. The highest BCUT2D eigenvalue weighted by Crippen LogP contribution is 2.41. The van der Waals surface area contributed by atoms with Crippen LogP contribution in [0.1, 0.15) is 9.27 Å². The lowest BCUT2D eigenvalue weighted by atomic mass is 10.0. The number of alkyl halides is 1. The molecule has 1 saturated heterocycles. The summed E-state index contributed by atoms with van der Waals surface area (Å²) < 4.78 is 24.0. The number of nitrogens with one attached hydrogen (secondary N) is 2. The van der Waals surface area contributed by atoms with Gasteiger partial charge in [-0.15, -0.1) is 0 Å². The number of hydrogen-bond acceptors (Lipinski definition) is 6. The zero-order valence-electron chi connectivity index (χ0n) is 20.4. The van der Waals surface area contributed by atoms with Gasteiger partial charge in [0.2, 0.25) is 5.91 Å². The molecule has 35 heavy (non-hydrogen) atoms. The third kappa shape index (κ3) is 5.57. The van der Waals surface area contributed by atoms with Gasteiger partial charge >= 0.3 is 0 Å². The number of anilines is 1. The van der Waals surface area contributed by atoms with Crippen molar-refractivity contribution < 1.29 is 21.5 Å². The summed E-state index contributed by atoms with van der Waals surface area (Å²) in [5.41, 5.74) is 2.31. The normalized spacial score (nSPS) is 19.5. The second-order valence-corrected chi connectivity index (χ2v) is 8.70. The molecule has 1 amide bonds. The first-order valence-electron chi connectivity index (χ1n) is 11.6. The van der Waals surface area contributed by atoms with E-state index in [2.05, 4.69) is 38.7 Å². The van der Waals surface area contributed by atoms with Crippen LogP contribution in [0.15, 0.2) is 49.3 Å². The molecule has 2 N–H and O–H groups in total. The monoisotopic (exact) mass is 485 g/mol. The number of ether oxygens (including phenoxy) is 2. The van der Waals surface area contributed by atoms with Crippen molar-refractivity contribution in [2.75, 3.05) is 52.8 Å². The van der Waals surface area contributed by atoms with Crippen molar-refractivity contribution in [3.05, 3.63) is 49.3 Å². The maximum atomic E-state index is 13.0. The first-order valence-corrected chi connectivity index (χ1v) is 11.6. The number of methoxy groups -OCH3 is 2. The number of carbonyl (C=O) groups excluding carboxylic acids is 1. The average molecular weight is 486 g/mol. The molecule has 2 fully saturated rings. The van der Waals surface area contributed by atoms with Crippen LogP contribution in [0.4, 0.5) is 10.2 Å². The largest absolute Gasteiger partial charge is 0.496 e. The van der Waals surface area contributed by atoms with Gasteiger partial charge in [0.15, 0.2) is 0 Å². The molecule has 0 spiro atoms. The fraction of sp³-hybridized carbons (Fsp3) is 0.385. The summed E-state index contributed by atoms with van der Waals surface area (Å²) in [6, 6.07) is 9.14. The summed E-state index contributed by atoms with van der Waals surface area (Å²) in [6.45, 7) is 8.34. The van der Waals surface area contributed by atoms with Crippen LogP contribution in [0, 0.1) is 5.92 Å². The molecule has 1 aliphatic carbocycles. The summed E-state index contributed by atoms with van der Waals surface area (Å²) in [7, 11) is 5.37. The van der Waals surface area contributed by atoms with Gasteiger partial charge in [0.25, 0.3) is 0 Å². The molecule has 1 aliphatic heterocycles. The lowest BCUT2D eigenvalue weighted by Crippen LogP contribution is -2.41. The van der Waals surface area contributed by atoms with Crippen LogP contribution in [-0.2, 0) is 4.79 Å². The van der Waals surface area contributed by atoms with Crippen LogP contribution in [0.5, 0.6) is 11.5 Å².